The smallest absolute Gasteiger partial charge is 0.163 e. The third-order valence-electron chi connectivity index (χ3n) is 3.30. The molecule has 0 unspecified atom stereocenters. The molecule has 0 saturated carbocycles. The molecule has 0 aliphatic carbocycles. The summed E-state index contributed by atoms with van der Waals surface area (Å²) < 4.78 is 0. The minimum Gasteiger partial charge on any atom is -0.373 e. The van der Waals surface area contributed by atoms with Gasteiger partial charge in [0.25, 0.3) is 0 Å². The lowest BCUT2D eigenvalue weighted by atomic mass is 10.2. The third-order valence-corrected chi connectivity index (χ3v) is 3.30. The number of benzene rings is 2. The summed E-state index contributed by atoms with van der Waals surface area (Å²) in [5, 5.41) is 15.1. The third kappa shape index (κ3) is 3.44. The van der Waals surface area contributed by atoms with E-state index in [0.29, 0.717) is 17.2 Å². The summed E-state index contributed by atoms with van der Waals surface area (Å²) in [5.74, 6) is 2.07. The quantitative estimate of drug-likeness (QED) is 0.766. The molecule has 0 amide bonds. The van der Waals surface area contributed by atoms with Crippen molar-refractivity contribution in [2.75, 3.05) is 17.7 Å². The number of anilines is 3. The second-order valence-electron chi connectivity index (χ2n) is 4.89. The fourth-order valence-corrected chi connectivity index (χ4v) is 2.13. The Morgan fingerprint density at radius 1 is 0.913 bits per heavy atom. The SMILES string of the molecule is CNc1cc(Nc2ccc(C#N)cc2)nc(-c2ccccc2)n1. The van der Waals surface area contributed by atoms with Gasteiger partial charge < -0.3 is 10.6 Å². The molecule has 2 aromatic carbocycles. The Balaban J connectivity index is 1.93. The fourth-order valence-electron chi connectivity index (χ4n) is 2.13. The van der Waals surface area contributed by atoms with E-state index < -0.39 is 0 Å². The van der Waals surface area contributed by atoms with Crippen LogP contribution in [0.1, 0.15) is 5.56 Å². The highest BCUT2D eigenvalue weighted by molar-refractivity contribution is 5.65. The largest absolute Gasteiger partial charge is 0.373 e. The van der Waals surface area contributed by atoms with Crippen molar-refractivity contribution in [3.63, 3.8) is 0 Å². The number of aromatic nitrogens is 2. The maximum absolute atomic E-state index is 8.85. The Morgan fingerprint density at radius 3 is 2.26 bits per heavy atom. The van der Waals surface area contributed by atoms with Crippen LogP contribution in [0, 0.1) is 11.3 Å². The average Bonchev–Trinajstić information content (AvgIpc) is 2.63. The van der Waals surface area contributed by atoms with Crippen molar-refractivity contribution in [2.24, 2.45) is 0 Å². The molecule has 0 radical (unpaired) electrons. The Hall–Kier alpha value is -3.39. The number of rotatable bonds is 4. The molecule has 23 heavy (non-hydrogen) atoms. The number of nitriles is 1. The summed E-state index contributed by atoms with van der Waals surface area (Å²) in [6, 6.07) is 21.0. The molecular weight excluding hydrogens is 286 g/mol. The molecule has 0 aliphatic heterocycles. The van der Waals surface area contributed by atoms with E-state index in [-0.39, 0.29) is 0 Å². The van der Waals surface area contributed by atoms with Crippen LogP contribution in [-0.2, 0) is 0 Å². The minimum absolute atomic E-state index is 0.624. The van der Waals surface area contributed by atoms with Gasteiger partial charge in [0.15, 0.2) is 5.82 Å². The predicted molar refractivity (Wildman–Crippen MR) is 91.5 cm³/mol. The van der Waals surface area contributed by atoms with Gasteiger partial charge in [-0.3, -0.25) is 0 Å². The van der Waals surface area contributed by atoms with Crippen molar-refractivity contribution in [3.05, 3.63) is 66.2 Å². The monoisotopic (exact) mass is 301 g/mol. The zero-order valence-corrected chi connectivity index (χ0v) is 12.6. The lowest BCUT2D eigenvalue weighted by Gasteiger charge is -2.10. The summed E-state index contributed by atoms with van der Waals surface area (Å²) in [4.78, 5) is 9.05. The Bertz CT molecular complexity index is 836. The van der Waals surface area contributed by atoms with E-state index in [2.05, 4.69) is 26.7 Å². The van der Waals surface area contributed by atoms with Gasteiger partial charge in [0.1, 0.15) is 11.6 Å². The van der Waals surface area contributed by atoms with E-state index in [4.69, 9.17) is 5.26 Å². The molecule has 0 aliphatic rings. The van der Waals surface area contributed by atoms with Crippen molar-refractivity contribution in [2.45, 2.75) is 0 Å². The van der Waals surface area contributed by atoms with Crippen LogP contribution >= 0.6 is 0 Å². The van der Waals surface area contributed by atoms with Gasteiger partial charge in [-0.05, 0) is 24.3 Å². The van der Waals surface area contributed by atoms with E-state index in [1.165, 1.54) is 0 Å². The van der Waals surface area contributed by atoms with Crippen LogP contribution in [0.3, 0.4) is 0 Å². The molecule has 3 rings (SSSR count). The predicted octanol–water partition coefficient (Wildman–Crippen LogP) is 3.80. The van der Waals surface area contributed by atoms with Gasteiger partial charge in [-0.2, -0.15) is 5.26 Å². The summed E-state index contributed by atoms with van der Waals surface area (Å²) in [6.45, 7) is 0. The van der Waals surface area contributed by atoms with Crippen molar-refractivity contribution in [1.82, 2.24) is 9.97 Å². The van der Waals surface area contributed by atoms with Gasteiger partial charge in [-0.25, -0.2) is 9.97 Å². The number of hydrogen-bond acceptors (Lipinski definition) is 5. The van der Waals surface area contributed by atoms with Crippen LogP contribution in [0.25, 0.3) is 11.4 Å². The zero-order valence-electron chi connectivity index (χ0n) is 12.6. The van der Waals surface area contributed by atoms with Crippen LogP contribution in [0.2, 0.25) is 0 Å². The molecule has 112 valence electrons. The lowest BCUT2D eigenvalue weighted by molar-refractivity contribution is 1.17. The molecule has 5 heteroatoms. The van der Waals surface area contributed by atoms with Gasteiger partial charge in [-0.1, -0.05) is 30.3 Å². The van der Waals surface area contributed by atoms with Crippen molar-refractivity contribution in [3.8, 4) is 17.5 Å². The molecule has 0 fully saturated rings. The van der Waals surface area contributed by atoms with E-state index in [1.54, 1.807) is 12.1 Å². The number of nitrogens with zero attached hydrogens (tertiary/aromatic N) is 3. The minimum atomic E-state index is 0.624. The second-order valence-corrected chi connectivity index (χ2v) is 4.89. The number of nitrogens with one attached hydrogen (secondary N) is 2. The molecule has 5 nitrogen and oxygen atoms in total. The number of hydrogen-bond donors (Lipinski definition) is 2. The maximum atomic E-state index is 8.85. The lowest BCUT2D eigenvalue weighted by Crippen LogP contribution is -2.01. The molecule has 0 saturated heterocycles. The molecule has 0 bridgehead atoms. The van der Waals surface area contributed by atoms with Crippen LogP contribution in [0.4, 0.5) is 17.3 Å². The first kappa shape index (κ1) is 14.5. The Kier molecular flexibility index (Phi) is 4.16. The van der Waals surface area contributed by atoms with Gasteiger partial charge >= 0.3 is 0 Å². The highest BCUT2D eigenvalue weighted by Crippen LogP contribution is 2.22. The summed E-state index contributed by atoms with van der Waals surface area (Å²) in [5.41, 5.74) is 2.44. The normalized spacial score (nSPS) is 9.91. The Morgan fingerprint density at radius 2 is 1.61 bits per heavy atom. The highest BCUT2D eigenvalue weighted by Gasteiger charge is 2.06. The first-order valence-electron chi connectivity index (χ1n) is 7.18. The second kappa shape index (κ2) is 6.58. The van der Waals surface area contributed by atoms with Crippen molar-refractivity contribution < 1.29 is 0 Å². The van der Waals surface area contributed by atoms with Crippen LogP contribution in [0.15, 0.2) is 60.7 Å². The first-order valence-corrected chi connectivity index (χ1v) is 7.18. The molecule has 2 N–H and O–H groups in total. The summed E-state index contributed by atoms with van der Waals surface area (Å²) >= 11 is 0. The van der Waals surface area contributed by atoms with Gasteiger partial charge in [-0.15, -0.1) is 0 Å². The van der Waals surface area contributed by atoms with E-state index in [9.17, 15) is 0 Å². The van der Waals surface area contributed by atoms with Crippen LogP contribution in [-0.4, -0.2) is 17.0 Å². The van der Waals surface area contributed by atoms with E-state index in [0.717, 1.165) is 17.1 Å². The molecular formula is C18H15N5. The van der Waals surface area contributed by atoms with Crippen LogP contribution in [0.5, 0.6) is 0 Å². The molecule has 3 aromatic rings. The fraction of sp³-hybridized carbons (Fsp3) is 0.0556. The van der Waals surface area contributed by atoms with Gasteiger partial charge in [0.05, 0.1) is 11.6 Å². The van der Waals surface area contributed by atoms with Crippen LogP contribution < -0.4 is 10.6 Å². The van der Waals surface area contributed by atoms with E-state index in [1.807, 2.05) is 55.6 Å². The average molecular weight is 301 g/mol. The maximum Gasteiger partial charge on any atom is 0.163 e. The van der Waals surface area contributed by atoms with Crippen molar-refractivity contribution >= 4 is 17.3 Å². The molecule has 0 atom stereocenters. The Labute approximate surface area is 134 Å². The zero-order chi connectivity index (χ0) is 16.1. The van der Waals surface area contributed by atoms with Gasteiger partial charge in [0.2, 0.25) is 0 Å². The first-order chi connectivity index (χ1) is 11.3. The van der Waals surface area contributed by atoms with Gasteiger partial charge in [0, 0.05) is 24.4 Å². The molecule has 1 aromatic heterocycles. The van der Waals surface area contributed by atoms with E-state index >= 15 is 0 Å². The highest BCUT2D eigenvalue weighted by atomic mass is 15.1. The standard InChI is InChI=1S/C18H15N5/c1-20-16-11-17(21-15-9-7-13(12-19)8-10-15)23-18(22-16)14-5-3-2-4-6-14/h2-11H,1H3,(H2,20,21,22,23). The molecule has 0 spiro atoms. The molecule has 1 heterocycles. The van der Waals surface area contributed by atoms with Crippen molar-refractivity contribution in [1.29, 1.82) is 5.26 Å². The summed E-state index contributed by atoms with van der Waals surface area (Å²) in [7, 11) is 1.82. The summed E-state index contributed by atoms with van der Waals surface area (Å²) in [6.07, 6.45) is 0. The topological polar surface area (TPSA) is 73.6 Å².